The highest BCUT2D eigenvalue weighted by Crippen LogP contribution is 2.28. The van der Waals surface area contributed by atoms with Gasteiger partial charge in [-0.25, -0.2) is 0 Å². The molecule has 2 aliphatic rings. The van der Waals surface area contributed by atoms with Crippen LogP contribution in [-0.4, -0.2) is 112 Å². The van der Waals surface area contributed by atoms with Gasteiger partial charge in [0, 0.05) is 63.6 Å². The van der Waals surface area contributed by atoms with Crippen LogP contribution in [0.3, 0.4) is 0 Å². The Bertz CT molecular complexity index is 1150. The lowest BCUT2D eigenvalue weighted by Crippen LogP contribution is -2.59. The number of anilines is 1. The predicted molar refractivity (Wildman–Crippen MR) is 152 cm³/mol. The molecule has 9 nitrogen and oxygen atoms in total. The fourth-order valence-electron chi connectivity index (χ4n) is 4.76. The molecular weight excluding hydrogens is 520 g/mol. The van der Waals surface area contributed by atoms with E-state index in [1.807, 2.05) is 61.2 Å². The van der Waals surface area contributed by atoms with Crippen molar-refractivity contribution in [2.45, 2.75) is 18.9 Å². The van der Waals surface area contributed by atoms with Crippen molar-refractivity contribution in [1.82, 2.24) is 14.7 Å². The Morgan fingerprint density at radius 1 is 0.974 bits per heavy atom. The summed E-state index contributed by atoms with van der Waals surface area (Å²) in [4.78, 5) is 34.4. The van der Waals surface area contributed by atoms with Gasteiger partial charge in [-0.2, -0.15) is 0 Å². The minimum atomic E-state index is -0.979. The first-order valence-electron chi connectivity index (χ1n) is 13.3. The van der Waals surface area contributed by atoms with Crippen molar-refractivity contribution in [2.75, 3.05) is 85.1 Å². The van der Waals surface area contributed by atoms with Gasteiger partial charge < -0.3 is 33.8 Å². The topological polar surface area (TPSA) is 74.8 Å². The van der Waals surface area contributed by atoms with E-state index < -0.39 is 5.60 Å². The fraction of sp³-hybridized carbons (Fsp3) is 0.517. The molecule has 0 spiro atoms. The fourth-order valence-corrected chi connectivity index (χ4v) is 4.87. The average Bonchev–Trinajstić information content (AvgIpc) is 2.93. The van der Waals surface area contributed by atoms with E-state index in [9.17, 15) is 9.59 Å². The van der Waals surface area contributed by atoms with Crippen LogP contribution in [0.2, 0.25) is 5.02 Å². The maximum atomic E-state index is 13.4. The molecule has 1 unspecified atom stereocenters. The average molecular weight is 559 g/mol. The molecule has 2 fully saturated rings. The zero-order valence-corrected chi connectivity index (χ0v) is 24.1. The summed E-state index contributed by atoms with van der Waals surface area (Å²) in [5.41, 5.74) is 0.906. The number of hydrogen-bond donors (Lipinski definition) is 0. The van der Waals surface area contributed by atoms with Crippen molar-refractivity contribution in [2.24, 2.45) is 0 Å². The number of halogens is 1. The Morgan fingerprint density at radius 2 is 1.72 bits per heavy atom. The van der Waals surface area contributed by atoms with Gasteiger partial charge in [0.2, 0.25) is 5.91 Å². The van der Waals surface area contributed by atoms with Gasteiger partial charge in [0.05, 0.1) is 19.6 Å². The highest BCUT2D eigenvalue weighted by atomic mass is 35.5. The summed E-state index contributed by atoms with van der Waals surface area (Å²) < 4.78 is 18.2. The molecule has 39 heavy (non-hydrogen) atoms. The maximum Gasteiger partial charge on any atom is 0.260 e. The van der Waals surface area contributed by atoms with Gasteiger partial charge >= 0.3 is 0 Å². The van der Waals surface area contributed by atoms with Crippen LogP contribution in [0.1, 0.15) is 12.0 Å². The quantitative estimate of drug-likeness (QED) is 0.468. The number of ether oxygens (including phenoxy) is 3. The predicted octanol–water partition coefficient (Wildman–Crippen LogP) is 2.93. The highest BCUT2D eigenvalue weighted by molar-refractivity contribution is 6.31. The summed E-state index contributed by atoms with van der Waals surface area (Å²) in [6.07, 6.45) is 0.124. The number of benzene rings is 2. The Balaban J connectivity index is 1.45. The van der Waals surface area contributed by atoms with Gasteiger partial charge in [0.15, 0.2) is 6.61 Å². The second kappa shape index (κ2) is 12.9. The summed E-state index contributed by atoms with van der Waals surface area (Å²) in [6, 6.07) is 13.0. The Hall–Kier alpha value is -3.01. The molecule has 0 aromatic heterocycles. The van der Waals surface area contributed by atoms with Crippen molar-refractivity contribution in [3.63, 3.8) is 0 Å². The SMILES string of the molecule is Cc1cc(OCC2(CC(=O)N3CCN(C)CC3)CN(C(=O)COc3cccc(N(C)C)c3)CCO2)ccc1Cl. The molecule has 2 aliphatic heterocycles. The third kappa shape index (κ3) is 7.77. The number of aryl methyl sites for hydroxylation is 1. The molecule has 2 saturated heterocycles. The molecule has 0 saturated carbocycles. The number of morpholine rings is 1. The summed E-state index contributed by atoms with van der Waals surface area (Å²) in [6.45, 7) is 5.90. The summed E-state index contributed by atoms with van der Waals surface area (Å²) in [5, 5.41) is 0.657. The minimum absolute atomic E-state index is 0.00466. The number of hydrogen-bond acceptors (Lipinski definition) is 7. The molecule has 0 bridgehead atoms. The van der Waals surface area contributed by atoms with Crippen LogP contribution in [-0.2, 0) is 14.3 Å². The molecule has 0 aliphatic carbocycles. The van der Waals surface area contributed by atoms with Gasteiger partial charge in [-0.15, -0.1) is 0 Å². The largest absolute Gasteiger partial charge is 0.490 e. The molecule has 2 aromatic rings. The van der Waals surface area contributed by atoms with Crippen molar-refractivity contribution < 1.29 is 23.8 Å². The van der Waals surface area contributed by atoms with Gasteiger partial charge in [0.1, 0.15) is 23.7 Å². The van der Waals surface area contributed by atoms with E-state index >= 15 is 0 Å². The Kier molecular flexibility index (Phi) is 9.58. The number of carbonyl (C=O) groups is 2. The van der Waals surface area contributed by atoms with Crippen molar-refractivity contribution in [1.29, 1.82) is 0 Å². The van der Waals surface area contributed by atoms with E-state index in [0.29, 0.717) is 42.8 Å². The van der Waals surface area contributed by atoms with Crippen LogP contribution < -0.4 is 14.4 Å². The smallest absolute Gasteiger partial charge is 0.260 e. The lowest BCUT2D eigenvalue weighted by atomic mass is 9.96. The first-order valence-corrected chi connectivity index (χ1v) is 13.7. The number of rotatable bonds is 9. The van der Waals surface area contributed by atoms with Crippen LogP contribution in [0.5, 0.6) is 11.5 Å². The third-order valence-corrected chi connectivity index (χ3v) is 7.68. The molecule has 4 rings (SSSR count). The monoisotopic (exact) mass is 558 g/mol. The minimum Gasteiger partial charge on any atom is -0.490 e. The van der Waals surface area contributed by atoms with Gasteiger partial charge in [-0.3, -0.25) is 9.59 Å². The zero-order chi connectivity index (χ0) is 28.0. The molecule has 0 radical (unpaired) electrons. The molecule has 2 heterocycles. The van der Waals surface area contributed by atoms with Crippen LogP contribution in [0, 0.1) is 6.92 Å². The lowest BCUT2D eigenvalue weighted by molar-refractivity contribution is -0.167. The molecular formula is C29H39ClN4O5. The first-order chi connectivity index (χ1) is 18.6. The number of nitrogens with zero attached hydrogens (tertiary/aromatic N) is 4. The van der Waals surface area contributed by atoms with E-state index in [-0.39, 0.29) is 38.0 Å². The van der Waals surface area contributed by atoms with E-state index in [2.05, 4.69) is 11.9 Å². The van der Waals surface area contributed by atoms with E-state index in [0.717, 1.165) is 24.3 Å². The number of likely N-dealkylation sites (N-methyl/N-ethyl adjacent to an activating group) is 1. The maximum absolute atomic E-state index is 13.4. The van der Waals surface area contributed by atoms with E-state index in [1.54, 1.807) is 17.0 Å². The summed E-state index contributed by atoms with van der Waals surface area (Å²) >= 11 is 6.18. The zero-order valence-electron chi connectivity index (χ0n) is 23.3. The Morgan fingerprint density at radius 3 is 2.44 bits per heavy atom. The van der Waals surface area contributed by atoms with Crippen molar-refractivity contribution >= 4 is 29.1 Å². The Labute approximate surface area is 236 Å². The van der Waals surface area contributed by atoms with Crippen molar-refractivity contribution in [3.05, 3.63) is 53.1 Å². The van der Waals surface area contributed by atoms with Crippen molar-refractivity contribution in [3.8, 4) is 11.5 Å². The number of carbonyl (C=O) groups excluding carboxylic acids is 2. The standard InChI is InChI=1S/C29H39ClN4O5/c1-22-16-25(8-9-26(22)30)38-21-29(18-27(35)33-12-10-32(4)11-13-33)20-34(14-15-39-29)28(36)19-37-24-7-5-6-23(17-24)31(2)3/h5-9,16-17H,10-15,18-21H2,1-4H3. The third-order valence-electron chi connectivity index (χ3n) is 7.26. The molecule has 212 valence electrons. The van der Waals surface area contributed by atoms with Crippen LogP contribution in [0.25, 0.3) is 0 Å². The summed E-state index contributed by atoms with van der Waals surface area (Å²) in [5.74, 6) is 1.11. The van der Waals surface area contributed by atoms with Crippen LogP contribution >= 0.6 is 11.6 Å². The highest BCUT2D eigenvalue weighted by Gasteiger charge is 2.42. The molecule has 1 atom stereocenters. The lowest BCUT2D eigenvalue weighted by Gasteiger charge is -2.43. The number of piperazine rings is 1. The van der Waals surface area contributed by atoms with Gasteiger partial charge in [-0.05, 0) is 49.9 Å². The molecule has 2 amide bonds. The molecule has 0 N–H and O–H groups in total. The second-order valence-electron chi connectivity index (χ2n) is 10.6. The second-order valence-corrected chi connectivity index (χ2v) is 11.0. The van der Waals surface area contributed by atoms with E-state index in [1.165, 1.54) is 0 Å². The van der Waals surface area contributed by atoms with E-state index in [4.69, 9.17) is 25.8 Å². The number of amides is 2. The van der Waals surface area contributed by atoms with Gasteiger partial charge in [0.25, 0.3) is 5.91 Å². The normalized spacial score (nSPS) is 20.0. The first kappa shape index (κ1) is 29.0. The molecule has 10 heteroatoms. The van der Waals surface area contributed by atoms with Crippen LogP contribution in [0.15, 0.2) is 42.5 Å². The van der Waals surface area contributed by atoms with Crippen LogP contribution in [0.4, 0.5) is 5.69 Å². The van der Waals surface area contributed by atoms with Gasteiger partial charge in [-0.1, -0.05) is 17.7 Å². The summed E-state index contributed by atoms with van der Waals surface area (Å²) in [7, 11) is 5.96. The molecule has 2 aromatic carbocycles.